The highest BCUT2D eigenvalue weighted by atomic mass is 32.2. The molecule has 6 aromatic rings. The van der Waals surface area contributed by atoms with Crippen molar-refractivity contribution in [2.75, 3.05) is 10.7 Å². The van der Waals surface area contributed by atoms with E-state index in [1.165, 1.54) is 49.4 Å². The Bertz CT molecular complexity index is 3420. The van der Waals surface area contributed by atoms with Gasteiger partial charge in [0.2, 0.25) is 0 Å². The second-order valence-electron chi connectivity index (χ2n) is 17.6. The molecule has 0 amide bonds. The summed E-state index contributed by atoms with van der Waals surface area (Å²) in [5.74, 6) is 3.54. The molecule has 8 heteroatoms. The number of hydrogen-bond acceptors (Lipinski definition) is 5. The molecule has 1 atom stereocenters. The van der Waals surface area contributed by atoms with Gasteiger partial charge in [-0.05, 0) is 90.4 Å². The van der Waals surface area contributed by atoms with E-state index in [0.717, 1.165) is 75.2 Å². The maximum Gasteiger partial charge on any atom is 0.160 e. The molecule has 4 aromatic carbocycles. The predicted molar refractivity (Wildman–Crippen MR) is 330 cm³/mol. The quantitative estimate of drug-likeness (QED) is 0.0472. The number of aliphatic imine (C=N–C) groups is 3. The van der Waals surface area contributed by atoms with Crippen molar-refractivity contribution in [1.29, 1.82) is 0 Å². The van der Waals surface area contributed by atoms with Crippen molar-refractivity contribution in [2.45, 2.75) is 70.2 Å². The zero-order valence-corrected chi connectivity index (χ0v) is 45.4. The Morgan fingerprint density at radius 2 is 1.60 bits per heavy atom. The number of thioether (sulfide) groups is 2. The molecule has 376 valence electrons. The van der Waals surface area contributed by atoms with Crippen LogP contribution < -0.4 is 4.90 Å². The molecule has 0 N–H and O–H groups in total. The Morgan fingerprint density at radius 1 is 0.827 bits per heavy atom. The summed E-state index contributed by atoms with van der Waals surface area (Å²) in [7, 11) is 0. The Labute approximate surface area is 453 Å². The zero-order chi connectivity index (χ0) is 52.7. The predicted octanol–water partition coefficient (Wildman–Crippen LogP) is 18.0. The number of benzene rings is 4. The van der Waals surface area contributed by atoms with Crippen LogP contribution in [0.1, 0.15) is 73.5 Å². The van der Waals surface area contributed by atoms with Crippen LogP contribution in [0.5, 0.6) is 0 Å². The fraction of sp³-hybridized carbons (Fsp3) is 0.164. The third-order valence-electron chi connectivity index (χ3n) is 13.1. The molecule has 0 radical (unpaired) electrons. The number of hydrogen-bond donors (Lipinski definition) is 0. The fourth-order valence-corrected chi connectivity index (χ4v) is 11.6. The smallest absolute Gasteiger partial charge is 0.160 e. The van der Waals surface area contributed by atoms with Gasteiger partial charge in [-0.15, -0.1) is 36.7 Å². The fourth-order valence-electron chi connectivity index (χ4n) is 9.71. The van der Waals surface area contributed by atoms with Crippen molar-refractivity contribution in [3.8, 4) is 11.3 Å². The monoisotopic (exact) mass is 1020 g/mol. The molecule has 0 fully saturated rings. The van der Waals surface area contributed by atoms with Gasteiger partial charge in [0.05, 0.1) is 16.9 Å². The SMILES string of the molecule is C=C.C=NC(=N\C(=N/Cn1c2c(c3ccc4c(c31)C1C=CC=CC(=C1)N4c1cccc(-c3ccccc3)n1)C=CC=CC2)C(=C)/C=C\C(=C)SCc1ccccc1CC)/C(/C=C1\CSc2ccccc21)=C/CC.CC. The highest BCUT2D eigenvalue weighted by molar-refractivity contribution is 8.02. The maximum atomic E-state index is 5.46. The van der Waals surface area contributed by atoms with Gasteiger partial charge >= 0.3 is 0 Å². The first kappa shape index (κ1) is 53.5. The number of aryl methyl sites for hydroxylation is 1. The minimum absolute atomic E-state index is 0.00136. The highest BCUT2D eigenvalue weighted by Gasteiger charge is 2.32. The van der Waals surface area contributed by atoms with Crippen LogP contribution in [-0.2, 0) is 25.3 Å². The Kier molecular flexibility index (Phi) is 18.5. The average molecular weight is 1020 g/mol. The normalized spacial score (nSPS) is 16.0. The molecule has 2 aromatic heterocycles. The summed E-state index contributed by atoms with van der Waals surface area (Å²) in [6, 6.07) is 38.4. The Hall–Kier alpha value is -7.78. The van der Waals surface area contributed by atoms with Crippen LogP contribution in [0, 0.1) is 0 Å². The molecule has 2 aliphatic heterocycles. The van der Waals surface area contributed by atoms with E-state index in [4.69, 9.17) is 15.0 Å². The van der Waals surface area contributed by atoms with E-state index in [1.54, 1.807) is 11.8 Å². The first-order valence-corrected chi connectivity index (χ1v) is 27.8. The van der Waals surface area contributed by atoms with Gasteiger partial charge in [-0.25, -0.2) is 20.0 Å². The van der Waals surface area contributed by atoms with Gasteiger partial charge in [-0.3, -0.25) is 4.90 Å². The molecule has 1 unspecified atom stereocenters. The lowest BCUT2D eigenvalue weighted by Gasteiger charge is -2.34. The molecule has 4 aliphatic rings. The van der Waals surface area contributed by atoms with Gasteiger partial charge in [0, 0.05) is 78.3 Å². The van der Waals surface area contributed by atoms with Crippen LogP contribution in [-0.4, -0.2) is 33.7 Å². The van der Waals surface area contributed by atoms with Crippen LogP contribution in [0.2, 0.25) is 0 Å². The Balaban J connectivity index is 0.00000182. The van der Waals surface area contributed by atoms with Crippen LogP contribution >= 0.6 is 23.5 Å². The lowest BCUT2D eigenvalue weighted by molar-refractivity contribution is 0.725. The number of anilines is 2. The zero-order valence-electron chi connectivity index (χ0n) is 43.8. The van der Waals surface area contributed by atoms with Crippen LogP contribution in [0.25, 0.3) is 33.8 Å². The third kappa shape index (κ3) is 11.9. The molecule has 2 bridgehead atoms. The minimum atomic E-state index is 0.00136. The number of rotatable bonds is 14. The summed E-state index contributed by atoms with van der Waals surface area (Å²) in [4.78, 5) is 25.2. The number of nitrogens with zero attached hydrogens (tertiary/aromatic N) is 6. The summed E-state index contributed by atoms with van der Waals surface area (Å²) >= 11 is 3.57. The number of aromatic nitrogens is 2. The van der Waals surface area contributed by atoms with E-state index < -0.39 is 0 Å². The molecular weight excluding hydrogens is 953 g/mol. The summed E-state index contributed by atoms with van der Waals surface area (Å²) < 4.78 is 2.39. The van der Waals surface area contributed by atoms with E-state index in [9.17, 15) is 0 Å². The van der Waals surface area contributed by atoms with Crippen molar-refractivity contribution in [3.05, 3.63) is 264 Å². The molecule has 10 rings (SSSR count). The van der Waals surface area contributed by atoms with E-state index in [2.05, 4.69) is 231 Å². The second kappa shape index (κ2) is 25.9. The summed E-state index contributed by atoms with van der Waals surface area (Å²) in [5.41, 5.74) is 15.6. The van der Waals surface area contributed by atoms with E-state index >= 15 is 0 Å². The van der Waals surface area contributed by atoms with E-state index in [1.807, 2.05) is 43.8 Å². The summed E-state index contributed by atoms with van der Waals surface area (Å²) in [5, 5.41) is 1.17. The average Bonchev–Trinajstić information content (AvgIpc) is 3.81. The van der Waals surface area contributed by atoms with Gasteiger partial charge in [0.25, 0.3) is 0 Å². The topological polar surface area (TPSA) is 58.1 Å². The standard InChI is InChI=1S/C63H56N6S2.C2H6.C2H4/c1-6-21-48(38-50-41-71-58-32-19-18-28-52(50)58)63(64-5)67-62(43(3)34-35-44(4)70-40-49-26-15-14-22-45(49)7-2)65-42-68-56-31-13-9-12-29-53(56)54-36-37-57-60(61(54)68)47-25-16-17-27-51(39-47)69(57)59-33-20-30-55(66-59)46-23-10-8-11-24-46;2*1-2/h8-30,32-39,47H,3-7,31,40-42H2,1-2H3;1-2H3;1-2H2/b35-34-,48-21+,50-38+,65-62-,67-63-;;. The molecule has 0 saturated carbocycles. The van der Waals surface area contributed by atoms with Crippen molar-refractivity contribution >= 4 is 76.0 Å². The molecule has 0 spiro atoms. The van der Waals surface area contributed by atoms with Gasteiger partial charge in [0.15, 0.2) is 11.7 Å². The lowest BCUT2D eigenvalue weighted by Crippen LogP contribution is -2.23. The van der Waals surface area contributed by atoms with E-state index in [0.29, 0.717) is 17.2 Å². The minimum Gasteiger partial charge on any atom is -0.323 e. The van der Waals surface area contributed by atoms with Crippen molar-refractivity contribution in [1.82, 2.24) is 9.55 Å². The number of allylic oxidation sites excluding steroid dienone is 10. The number of amidine groups is 2. The van der Waals surface area contributed by atoms with Gasteiger partial charge in [-0.2, -0.15) is 0 Å². The second-order valence-corrected chi connectivity index (χ2v) is 19.7. The molecule has 0 saturated heterocycles. The first-order valence-electron chi connectivity index (χ1n) is 25.8. The molecular formula is C67H66N6S2. The van der Waals surface area contributed by atoms with Crippen LogP contribution in [0.4, 0.5) is 11.5 Å². The summed E-state index contributed by atoms with van der Waals surface area (Å²) in [6.07, 6.45) is 30.8. The number of fused-ring (bicyclic) bond motifs is 8. The maximum absolute atomic E-state index is 5.46. The first-order chi connectivity index (χ1) is 36.9. The van der Waals surface area contributed by atoms with Gasteiger partial charge in [0.1, 0.15) is 12.5 Å². The van der Waals surface area contributed by atoms with Crippen LogP contribution in [0.15, 0.2) is 250 Å². The van der Waals surface area contributed by atoms with Crippen molar-refractivity contribution in [3.63, 3.8) is 0 Å². The molecule has 75 heavy (non-hydrogen) atoms. The third-order valence-corrected chi connectivity index (χ3v) is 15.2. The Morgan fingerprint density at radius 3 is 2.40 bits per heavy atom. The summed E-state index contributed by atoms with van der Waals surface area (Å²) in [6.45, 7) is 27.7. The number of pyridine rings is 1. The van der Waals surface area contributed by atoms with Crippen molar-refractivity contribution in [2.24, 2.45) is 15.0 Å². The van der Waals surface area contributed by atoms with E-state index in [-0.39, 0.29) is 12.6 Å². The van der Waals surface area contributed by atoms with Gasteiger partial charge < -0.3 is 4.57 Å². The van der Waals surface area contributed by atoms with Gasteiger partial charge in [-0.1, -0.05) is 180 Å². The van der Waals surface area contributed by atoms with Crippen LogP contribution in [0.3, 0.4) is 0 Å². The molecule has 4 heterocycles. The lowest BCUT2D eigenvalue weighted by atomic mass is 9.89. The van der Waals surface area contributed by atoms with Crippen molar-refractivity contribution < 1.29 is 0 Å². The molecule has 2 aliphatic carbocycles. The highest BCUT2D eigenvalue weighted by Crippen LogP contribution is 2.48. The largest absolute Gasteiger partial charge is 0.323 e. The molecule has 6 nitrogen and oxygen atoms in total.